The van der Waals surface area contributed by atoms with E-state index in [1.54, 1.807) is 0 Å². The van der Waals surface area contributed by atoms with E-state index in [1.165, 1.54) is 0 Å². The fourth-order valence-electron chi connectivity index (χ4n) is 2.18. The molecule has 2 rings (SSSR count). The third-order valence-corrected chi connectivity index (χ3v) is 3.04. The van der Waals surface area contributed by atoms with E-state index in [9.17, 15) is 9.59 Å². The molecule has 1 aromatic rings. The zero-order valence-corrected chi connectivity index (χ0v) is 12.8. The average Bonchev–Trinajstić information content (AvgIpc) is 2.71. The van der Waals surface area contributed by atoms with Gasteiger partial charge in [0.15, 0.2) is 0 Å². The molecule has 0 atom stereocenters. The number of rotatable bonds is 5. The van der Waals surface area contributed by atoms with Crippen molar-refractivity contribution in [2.75, 3.05) is 17.2 Å². The summed E-state index contributed by atoms with van der Waals surface area (Å²) in [6.07, 6.45) is 1.55. The molecule has 0 spiro atoms. The van der Waals surface area contributed by atoms with Crippen molar-refractivity contribution in [2.24, 2.45) is 0 Å². The maximum atomic E-state index is 11.6. The minimum absolute atomic E-state index is 0.0343. The van der Waals surface area contributed by atoms with Gasteiger partial charge < -0.3 is 15.4 Å². The predicted molar refractivity (Wildman–Crippen MR) is 82.3 cm³/mol. The van der Waals surface area contributed by atoms with Gasteiger partial charge in [-0.1, -0.05) is 6.07 Å². The summed E-state index contributed by atoms with van der Waals surface area (Å²) in [5.74, 6) is -0.141. The molecule has 5 heteroatoms. The van der Waals surface area contributed by atoms with Crippen LogP contribution in [0.25, 0.3) is 0 Å². The second-order valence-corrected chi connectivity index (χ2v) is 6.21. The first kappa shape index (κ1) is 15.4. The highest BCUT2D eigenvalue weighted by Crippen LogP contribution is 2.26. The number of esters is 1. The SMILES string of the molecule is CC(C)(C)OC(=O)CCCNc1ccc2c(c1)NC(=O)C2. The van der Waals surface area contributed by atoms with Crippen LogP contribution in [-0.4, -0.2) is 24.0 Å². The van der Waals surface area contributed by atoms with E-state index in [2.05, 4.69) is 10.6 Å². The van der Waals surface area contributed by atoms with Crippen LogP contribution in [-0.2, 0) is 20.7 Å². The van der Waals surface area contributed by atoms with Crippen LogP contribution >= 0.6 is 0 Å². The number of carbonyl (C=O) groups is 2. The molecule has 0 aliphatic carbocycles. The van der Waals surface area contributed by atoms with Crippen LogP contribution in [0.1, 0.15) is 39.2 Å². The van der Waals surface area contributed by atoms with Crippen LogP contribution < -0.4 is 10.6 Å². The second kappa shape index (κ2) is 6.16. The van der Waals surface area contributed by atoms with Gasteiger partial charge in [-0.3, -0.25) is 9.59 Å². The summed E-state index contributed by atoms with van der Waals surface area (Å²) < 4.78 is 5.25. The Hall–Kier alpha value is -2.04. The van der Waals surface area contributed by atoms with Gasteiger partial charge in [0.25, 0.3) is 0 Å². The van der Waals surface area contributed by atoms with E-state index in [-0.39, 0.29) is 11.9 Å². The molecule has 0 fully saturated rings. The molecule has 0 bridgehead atoms. The Labute approximate surface area is 125 Å². The van der Waals surface area contributed by atoms with E-state index in [0.717, 1.165) is 16.9 Å². The molecule has 2 N–H and O–H groups in total. The monoisotopic (exact) mass is 290 g/mol. The summed E-state index contributed by atoms with van der Waals surface area (Å²) >= 11 is 0. The lowest BCUT2D eigenvalue weighted by atomic mass is 10.1. The predicted octanol–water partition coefficient (Wildman–Crippen LogP) is 2.72. The minimum Gasteiger partial charge on any atom is -0.460 e. The molecule has 0 aromatic heterocycles. The lowest BCUT2D eigenvalue weighted by Crippen LogP contribution is -2.24. The number of fused-ring (bicyclic) bond motifs is 1. The molecule has 0 saturated heterocycles. The molecule has 0 saturated carbocycles. The zero-order valence-electron chi connectivity index (χ0n) is 12.8. The van der Waals surface area contributed by atoms with Crippen molar-refractivity contribution in [1.82, 2.24) is 0 Å². The summed E-state index contributed by atoms with van der Waals surface area (Å²) in [6.45, 7) is 6.28. The molecule has 21 heavy (non-hydrogen) atoms. The summed E-state index contributed by atoms with van der Waals surface area (Å²) in [5, 5.41) is 6.07. The van der Waals surface area contributed by atoms with Crippen LogP contribution in [0.4, 0.5) is 11.4 Å². The maximum absolute atomic E-state index is 11.6. The van der Waals surface area contributed by atoms with Crippen LogP contribution in [0.2, 0.25) is 0 Å². The number of hydrogen-bond donors (Lipinski definition) is 2. The first-order valence-electron chi connectivity index (χ1n) is 7.22. The second-order valence-electron chi connectivity index (χ2n) is 6.21. The molecule has 1 aromatic carbocycles. The molecule has 1 aliphatic rings. The highest BCUT2D eigenvalue weighted by molar-refractivity contribution is 5.99. The van der Waals surface area contributed by atoms with E-state index in [1.807, 2.05) is 39.0 Å². The first-order valence-corrected chi connectivity index (χ1v) is 7.22. The van der Waals surface area contributed by atoms with Gasteiger partial charge in [0.1, 0.15) is 5.60 Å². The Kier molecular flexibility index (Phi) is 4.50. The number of anilines is 2. The molecular formula is C16H22N2O3. The fraction of sp³-hybridized carbons (Fsp3) is 0.500. The standard InChI is InChI=1S/C16H22N2O3/c1-16(2,3)21-15(20)5-4-8-17-12-7-6-11-9-14(19)18-13(11)10-12/h6-7,10,17H,4-5,8-9H2,1-3H3,(H,18,19). The van der Waals surface area contributed by atoms with E-state index in [0.29, 0.717) is 25.8 Å². The van der Waals surface area contributed by atoms with Crippen molar-refractivity contribution < 1.29 is 14.3 Å². The Morgan fingerprint density at radius 1 is 1.38 bits per heavy atom. The van der Waals surface area contributed by atoms with Gasteiger partial charge in [-0.05, 0) is 44.9 Å². The summed E-state index contributed by atoms with van der Waals surface area (Å²) in [6, 6.07) is 5.82. The van der Waals surface area contributed by atoms with Crippen LogP contribution in [0, 0.1) is 0 Å². The van der Waals surface area contributed by atoms with Gasteiger partial charge in [0, 0.05) is 24.3 Å². The largest absolute Gasteiger partial charge is 0.460 e. The third kappa shape index (κ3) is 4.77. The summed E-state index contributed by atoms with van der Waals surface area (Å²) in [7, 11) is 0. The van der Waals surface area contributed by atoms with Crippen molar-refractivity contribution in [3.8, 4) is 0 Å². The van der Waals surface area contributed by atoms with Gasteiger partial charge in [-0.2, -0.15) is 0 Å². The maximum Gasteiger partial charge on any atom is 0.306 e. The molecular weight excluding hydrogens is 268 g/mol. The Balaban J connectivity index is 1.74. The number of amides is 1. The van der Waals surface area contributed by atoms with Gasteiger partial charge in [-0.15, -0.1) is 0 Å². The minimum atomic E-state index is -0.428. The number of carbonyl (C=O) groups excluding carboxylic acids is 2. The highest BCUT2D eigenvalue weighted by atomic mass is 16.6. The summed E-state index contributed by atoms with van der Waals surface area (Å²) in [5.41, 5.74) is 2.42. The van der Waals surface area contributed by atoms with Crippen molar-refractivity contribution in [1.29, 1.82) is 0 Å². The van der Waals surface area contributed by atoms with E-state index >= 15 is 0 Å². The van der Waals surface area contributed by atoms with E-state index < -0.39 is 5.60 Å². The highest BCUT2D eigenvalue weighted by Gasteiger charge is 2.17. The van der Waals surface area contributed by atoms with E-state index in [4.69, 9.17) is 4.74 Å². The van der Waals surface area contributed by atoms with Gasteiger partial charge >= 0.3 is 5.97 Å². The lowest BCUT2D eigenvalue weighted by molar-refractivity contribution is -0.154. The molecule has 0 unspecified atom stereocenters. The normalized spacial score (nSPS) is 13.6. The third-order valence-electron chi connectivity index (χ3n) is 3.04. The number of nitrogens with one attached hydrogen (secondary N) is 2. The zero-order chi connectivity index (χ0) is 15.5. The molecule has 1 amide bonds. The number of ether oxygens (including phenoxy) is 1. The van der Waals surface area contributed by atoms with Gasteiger partial charge in [0.05, 0.1) is 6.42 Å². The molecule has 1 aliphatic heterocycles. The topological polar surface area (TPSA) is 67.4 Å². The van der Waals surface area contributed by atoms with Gasteiger partial charge in [0.2, 0.25) is 5.91 Å². The number of hydrogen-bond acceptors (Lipinski definition) is 4. The van der Waals surface area contributed by atoms with Crippen molar-refractivity contribution in [3.05, 3.63) is 23.8 Å². The summed E-state index contributed by atoms with van der Waals surface area (Å²) in [4.78, 5) is 22.8. The smallest absolute Gasteiger partial charge is 0.306 e. The number of benzene rings is 1. The van der Waals surface area contributed by atoms with Crippen LogP contribution in [0.5, 0.6) is 0 Å². The first-order chi connectivity index (χ1) is 9.83. The Morgan fingerprint density at radius 3 is 2.86 bits per heavy atom. The van der Waals surface area contributed by atoms with Crippen molar-refractivity contribution >= 4 is 23.3 Å². The molecule has 1 heterocycles. The van der Waals surface area contributed by atoms with Gasteiger partial charge in [-0.25, -0.2) is 0 Å². The fourth-order valence-corrected chi connectivity index (χ4v) is 2.18. The molecule has 114 valence electrons. The van der Waals surface area contributed by atoms with Crippen molar-refractivity contribution in [3.63, 3.8) is 0 Å². The van der Waals surface area contributed by atoms with Crippen LogP contribution in [0.15, 0.2) is 18.2 Å². The average molecular weight is 290 g/mol. The quantitative estimate of drug-likeness (QED) is 0.646. The Bertz CT molecular complexity index is 547. The van der Waals surface area contributed by atoms with Crippen molar-refractivity contribution in [2.45, 2.75) is 45.6 Å². The Morgan fingerprint density at radius 2 is 2.14 bits per heavy atom. The van der Waals surface area contributed by atoms with Crippen LogP contribution in [0.3, 0.4) is 0 Å². The lowest BCUT2D eigenvalue weighted by Gasteiger charge is -2.19. The molecule has 0 radical (unpaired) electrons. The molecule has 5 nitrogen and oxygen atoms in total.